The number of nitrogens with zero attached hydrogens (tertiary/aromatic N) is 2. The van der Waals surface area contributed by atoms with Crippen molar-refractivity contribution < 1.29 is 23.2 Å². The van der Waals surface area contributed by atoms with Crippen molar-refractivity contribution in [2.24, 2.45) is 0 Å². The number of carbonyl (C=O) groups excluding carboxylic acids is 3. The highest BCUT2D eigenvalue weighted by atomic mass is 35.5. The van der Waals surface area contributed by atoms with E-state index in [1.54, 1.807) is 6.92 Å². The maximum absolute atomic E-state index is 14.1. The number of anilines is 1. The van der Waals surface area contributed by atoms with Crippen LogP contribution < -0.4 is 4.90 Å². The molecule has 1 fully saturated rings. The van der Waals surface area contributed by atoms with Gasteiger partial charge in [0.1, 0.15) is 17.7 Å². The minimum Gasteiger partial charge on any atom is -0.300 e. The second-order valence-electron chi connectivity index (χ2n) is 8.07. The second kappa shape index (κ2) is 8.45. The first-order valence-electron chi connectivity index (χ1n) is 10.1. The highest BCUT2D eigenvalue weighted by Gasteiger charge is 2.58. The fourth-order valence-corrected chi connectivity index (χ4v) is 5.46. The molecule has 0 aromatic heterocycles. The van der Waals surface area contributed by atoms with Gasteiger partial charge in [-0.3, -0.25) is 19.3 Å². The van der Waals surface area contributed by atoms with Crippen LogP contribution in [0.15, 0.2) is 42.5 Å². The van der Waals surface area contributed by atoms with Crippen LogP contribution in [0.1, 0.15) is 37.9 Å². The number of imide groups is 1. The van der Waals surface area contributed by atoms with Crippen LogP contribution in [0.5, 0.6) is 0 Å². The number of amides is 3. The van der Waals surface area contributed by atoms with Crippen molar-refractivity contribution in [2.45, 2.75) is 19.0 Å². The van der Waals surface area contributed by atoms with Gasteiger partial charge in [0.15, 0.2) is 0 Å². The SMILES string of the molecule is Cc1ccc(F)cc1N1C(=O)[C@@H](N2C(=O)c3c(Cl)c(Cl)c(Cl)c(Cl)c3C2=O)[C@@H]1c1ccc(F)cc1. The maximum atomic E-state index is 14.1. The number of β-lactam (4-membered cyclic amide) rings is 1. The summed E-state index contributed by atoms with van der Waals surface area (Å²) in [5.74, 6) is -3.50. The maximum Gasteiger partial charge on any atom is 0.264 e. The molecule has 2 heterocycles. The monoisotopic (exact) mass is 554 g/mol. The predicted molar refractivity (Wildman–Crippen MR) is 129 cm³/mol. The summed E-state index contributed by atoms with van der Waals surface area (Å²) in [6.07, 6.45) is 0. The third-order valence-corrected chi connectivity index (χ3v) is 7.92. The number of carbonyl (C=O) groups is 3. The summed E-state index contributed by atoms with van der Waals surface area (Å²) in [7, 11) is 0. The first-order chi connectivity index (χ1) is 16.5. The Labute approximate surface area is 217 Å². The highest BCUT2D eigenvalue weighted by molar-refractivity contribution is 6.55. The van der Waals surface area contributed by atoms with Crippen molar-refractivity contribution >= 4 is 69.8 Å². The lowest BCUT2D eigenvalue weighted by Crippen LogP contribution is -2.67. The Kier molecular flexibility index (Phi) is 5.79. The molecule has 0 spiro atoms. The summed E-state index contributed by atoms with van der Waals surface area (Å²) < 4.78 is 27.7. The van der Waals surface area contributed by atoms with Crippen molar-refractivity contribution in [3.63, 3.8) is 0 Å². The van der Waals surface area contributed by atoms with Crippen LogP contribution in [0.3, 0.4) is 0 Å². The summed E-state index contributed by atoms with van der Waals surface area (Å²) in [4.78, 5) is 42.3. The Hall–Kier alpha value is -2.71. The number of benzene rings is 3. The summed E-state index contributed by atoms with van der Waals surface area (Å²) in [6.45, 7) is 1.68. The summed E-state index contributed by atoms with van der Waals surface area (Å²) >= 11 is 24.6. The number of hydrogen-bond acceptors (Lipinski definition) is 3. The zero-order chi connectivity index (χ0) is 25.3. The Balaban J connectivity index is 1.65. The van der Waals surface area contributed by atoms with E-state index in [-0.39, 0.29) is 36.9 Å². The van der Waals surface area contributed by atoms with E-state index in [0.29, 0.717) is 11.1 Å². The molecule has 178 valence electrons. The zero-order valence-electron chi connectivity index (χ0n) is 17.6. The molecule has 5 rings (SSSR count). The van der Waals surface area contributed by atoms with E-state index < -0.39 is 41.4 Å². The minimum absolute atomic E-state index is 0.202. The van der Waals surface area contributed by atoms with Gasteiger partial charge in [-0.25, -0.2) is 8.78 Å². The van der Waals surface area contributed by atoms with Crippen molar-refractivity contribution in [1.29, 1.82) is 0 Å². The first kappa shape index (κ1) is 24.0. The van der Waals surface area contributed by atoms with E-state index in [4.69, 9.17) is 46.4 Å². The third-order valence-electron chi connectivity index (χ3n) is 6.12. The molecular formula is C24H12Cl4F2N2O3. The number of fused-ring (bicyclic) bond motifs is 1. The van der Waals surface area contributed by atoms with Gasteiger partial charge in [0, 0.05) is 0 Å². The number of aryl methyl sites for hydroxylation is 1. The molecule has 0 N–H and O–H groups in total. The molecule has 0 unspecified atom stereocenters. The Morgan fingerprint density at radius 2 is 1.20 bits per heavy atom. The van der Waals surface area contributed by atoms with Gasteiger partial charge in [-0.05, 0) is 42.3 Å². The van der Waals surface area contributed by atoms with E-state index >= 15 is 0 Å². The zero-order valence-corrected chi connectivity index (χ0v) is 20.6. The molecular weight excluding hydrogens is 544 g/mol. The molecule has 3 aromatic rings. The van der Waals surface area contributed by atoms with Crippen LogP contribution in [-0.4, -0.2) is 28.7 Å². The number of hydrogen-bond donors (Lipinski definition) is 0. The van der Waals surface area contributed by atoms with E-state index in [9.17, 15) is 23.2 Å². The third kappa shape index (κ3) is 3.44. The van der Waals surface area contributed by atoms with E-state index in [1.165, 1.54) is 47.4 Å². The van der Waals surface area contributed by atoms with Gasteiger partial charge in [0.25, 0.3) is 17.7 Å². The van der Waals surface area contributed by atoms with Gasteiger partial charge in [-0.2, -0.15) is 0 Å². The lowest BCUT2D eigenvalue weighted by Gasteiger charge is -2.50. The lowest BCUT2D eigenvalue weighted by molar-refractivity contribution is -0.130. The summed E-state index contributed by atoms with van der Waals surface area (Å²) in [5, 5.41) is -0.932. The van der Waals surface area contributed by atoms with Crippen molar-refractivity contribution in [1.82, 2.24) is 4.90 Å². The van der Waals surface area contributed by atoms with Gasteiger partial charge in [-0.15, -0.1) is 0 Å². The van der Waals surface area contributed by atoms with Crippen molar-refractivity contribution in [2.75, 3.05) is 4.90 Å². The average Bonchev–Trinajstić information content (AvgIpc) is 3.08. The second-order valence-corrected chi connectivity index (χ2v) is 9.58. The topological polar surface area (TPSA) is 57.7 Å². The molecule has 2 aliphatic heterocycles. The summed E-state index contributed by atoms with van der Waals surface area (Å²) in [5.41, 5.74) is 0.727. The minimum atomic E-state index is -1.33. The van der Waals surface area contributed by atoms with Gasteiger partial charge in [0.05, 0.1) is 42.9 Å². The highest BCUT2D eigenvalue weighted by Crippen LogP contribution is 2.49. The molecule has 0 saturated carbocycles. The molecule has 0 bridgehead atoms. The van der Waals surface area contributed by atoms with Gasteiger partial charge < -0.3 is 4.90 Å². The molecule has 3 amide bonds. The molecule has 2 atom stereocenters. The number of rotatable bonds is 3. The normalized spacial score (nSPS) is 19.3. The molecule has 11 heteroatoms. The van der Waals surface area contributed by atoms with Crippen LogP contribution in [0.2, 0.25) is 20.1 Å². The standard InChI is InChI=1S/C24H12Cl4F2N2O3/c1-9-2-5-12(30)8-13(9)31-20(10-3-6-11(29)7-4-10)21(24(31)35)32-22(33)14-15(23(32)34)17(26)19(28)18(27)16(14)25/h2-8,20-21H,1H3/t20-,21-/m0/s1. The van der Waals surface area contributed by atoms with E-state index in [0.717, 1.165) is 4.90 Å². The smallest absolute Gasteiger partial charge is 0.264 e. The lowest BCUT2D eigenvalue weighted by atomic mass is 9.85. The molecule has 5 nitrogen and oxygen atoms in total. The van der Waals surface area contributed by atoms with E-state index in [1.807, 2.05) is 0 Å². The number of halogens is 6. The largest absolute Gasteiger partial charge is 0.300 e. The van der Waals surface area contributed by atoms with Crippen molar-refractivity contribution in [3.8, 4) is 0 Å². The van der Waals surface area contributed by atoms with Gasteiger partial charge in [-0.1, -0.05) is 64.6 Å². The Morgan fingerprint density at radius 3 is 1.74 bits per heavy atom. The fourth-order valence-electron chi connectivity index (χ4n) is 4.45. The quantitative estimate of drug-likeness (QED) is 0.157. The molecule has 35 heavy (non-hydrogen) atoms. The molecule has 2 aliphatic rings. The van der Waals surface area contributed by atoms with E-state index in [2.05, 4.69) is 0 Å². The van der Waals surface area contributed by atoms with Gasteiger partial charge >= 0.3 is 0 Å². The Morgan fingerprint density at radius 1 is 0.686 bits per heavy atom. The van der Waals surface area contributed by atoms with Crippen LogP contribution in [0.25, 0.3) is 0 Å². The Bertz CT molecular complexity index is 1420. The first-order valence-corrected chi connectivity index (χ1v) is 11.6. The molecule has 0 radical (unpaired) electrons. The fraction of sp³-hybridized carbons (Fsp3) is 0.125. The van der Waals surface area contributed by atoms with Gasteiger partial charge in [0.2, 0.25) is 0 Å². The predicted octanol–water partition coefficient (Wildman–Crippen LogP) is 6.64. The van der Waals surface area contributed by atoms with Crippen LogP contribution in [0.4, 0.5) is 14.5 Å². The van der Waals surface area contributed by atoms with Crippen LogP contribution in [-0.2, 0) is 4.79 Å². The van der Waals surface area contributed by atoms with Crippen molar-refractivity contribution in [3.05, 3.63) is 96.4 Å². The van der Waals surface area contributed by atoms with Crippen LogP contribution in [0, 0.1) is 18.6 Å². The molecule has 1 saturated heterocycles. The van der Waals surface area contributed by atoms with Crippen LogP contribution >= 0.6 is 46.4 Å². The average molecular weight is 556 g/mol. The molecule has 3 aromatic carbocycles. The molecule has 0 aliphatic carbocycles. The summed E-state index contributed by atoms with van der Waals surface area (Å²) in [6, 6.07) is 6.86.